The van der Waals surface area contributed by atoms with Gasteiger partial charge in [0.05, 0.1) is 12.5 Å². The molecule has 0 aliphatic heterocycles. The van der Waals surface area contributed by atoms with Gasteiger partial charge in [0.15, 0.2) is 0 Å². The fourth-order valence-corrected chi connectivity index (χ4v) is 2.04. The minimum absolute atomic E-state index is 0.0918. The standard InChI is InChI=1S/C17H21NO7/c1-4-24-17(23)10(2)9-14(16(21)22)18-15(20)12-5-7-13(8-6-12)25-11(3)19/h5-8,10,14H,4,9H2,1-3H3,(H,18,20)(H,21,22)/t10-,14-/m1/s1. The molecule has 0 bridgehead atoms. The van der Waals surface area contributed by atoms with Gasteiger partial charge in [0, 0.05) is 12.5 Å². The van der Waals surface area contributed by atoms with Gasteiger partial charge in [0.1, 0.15) is 11.8 Å². The van der Waals surface area contributed by atoms with Gasteiger partial charge in [-0.1, -0.05) is 6.92 Å². The molecular weight excluding hydrogens is 330 g/mol. The third-order valence-electron chi connectivity index (χ3n) is 3.26. The quantitative estimate of drug-likeness (QED) is 0.536. The summed E-state index contributed by atoms with van der Waals surface area (Å²) in [7, 11) is 0. The maximum absolute atomic E-state index is 12.2. The fourth-order valence-electron chi connectivity index (χ4n) is 2.04. The molecule has 8 heteroatoms. The Hall–Kier alpha value is -2.90. The van der Waals surface area contributed by atoms with E-state index in [0.717, 1.165) is 0 Å². The summed E-state index contributed by atoms with van der Waals surface area (Å²) in [6.45, 7) is 4.64. The molecule has 1 amide bonds. The first-order valence-corrected chi connectivity index (χ1v) is 7.73. The zero-order chi connectivity index (χ0) is 19.0. The number of nitrogens with one attached hydrogen (secondary N) is 1. The predicted octanol–water partition coefficient (Wildman–Crippen LogP) is 1.38. The van der Waals surface area contributed by atoms with E-state index in [9.17, 15) is 24.3 Å². The van der Waals surface area contributed by atoms with E-state index in [-0.39, 0.29) is 24.3 Å². The smallest absolute Gasteiger partial charge is 0.326 e. The third kappa shape index (κ3) is 6.62. The summed E-state index contributed by atoms with van der Waals surface area (Å²) in [5.41, 5.74) is 0.200. The highest BCUT2D eigenvalue weighted by Crippen LogP contribution is 2.14. The van der Waals surface area contributed by atoms with Crippen molar-refractivity contribution in [1.82, 2.24) is 5.32 Å². The number of carbonyl (C=O) groups is 4. The Morgan fingerprint density at radius 3 is 2.24 bits per heavy atom. The molecule has 2 N–H and O–H groups in total. The normalized spacial score (nSPS) is 12.6. The molecule has 0 aromatic heterocycles. The van der Waals surface area contributed by atoms with Crippen molar-refractivity contribution in [3.05, 3.63) is 29.8 Å². The van der Waals surface area contributed by atoms with Gasteiger partial charge in [-0.3, -0.25) is 14.4 Å². The molecule has 0 saturated heterocycles. The Bertz CT molecular complexity index is 639. The number of hydrogen-bond acceptors (Lipinski definition) is 6. The second-order valence-corrected chi connectivity index (χ2v) is 5.37. The first kappa shape index (κ1) is 20.1. The van der Waals surface area contributed by atoms with Gasteiger partial charge < -0.3 is 19.9 Å². The van der Waals surface area contributed by atoms with Crippen molar-refractivity contribution in [2.75, 3.05) is 6.61 Å². The maximum Gasteiger partial charge on any atom is 0.326 e. The largest absolute Gasteiger partial charge is 0.480 e. The van der Waals surface area contributed by atoms with Gasteiger partial charge in [0.25, 0.3) is 5.91 Å². The molecule has 2 atom stereocenters. The Labute approximate surface area is 145 Å². The molecule has 8 nitrogen and oxygen atoms in total. The number of aliphatic carboxylic acids is 1. The third-order valence-corrected chi connectivity index (χ3v) is 3.26. The molecule has 0 aliphatic rings. The van der Waals surface area contributed by atoms with E-state index in [2.05, 4.69) is 5.32 Å². The van der Waals surface area contributed by atoms with Crippen molar-refractivity contribution in [2.45, 2.75) is 33.2 Å². The lowest BCUT2D eigenvalue weighted by molar-refractivity contribution is -0.148. The van der Waals surface area contributed by atoms with Crippen LogP contribution in [0.4, 0.5) is 0 Å². The van der Waals surface area contributed by atoms with Crippen LogP contribution in [0.3, 0.4) is 0 Å². The summed E-state index contributed by atoms with van der Waals surface area (Å²) in [4.78, 5) is 46.0. The van der Waals surface area contributed by atoms with E-state index in [1.54, 1.807) is 6.92 Å². The second kappa shape index (κ2) is 9.41. The molecule has 0 radical (unpaired) electrons. The minimum Gasteiger partial charge on any atom is -0.480 e. The van der Waals surface area contributed by atoms with Crippen LogP contribution in [-0.4, -0.2) is 41.6 Å². The van der Waals surface area contributed by atoms with Crippen LogP contribution in [0.5, 0.6) is 5.75 Å². The number of rotatable bonds is 8. The van der Waals surface area contributed by atoms with Crippen LogP contribution in [0, 0.1) is 5.92 Å². The van der Waals surface area contributed by atoms with Crippen molar-refractivity contribution >= 4 is 23.8 Å². The zero-order valence-corrected chi connectivity index (χ0v) is 14.3. The highest BCUT2D eigenvalue weighted by molar-refractivity contribution is 5.96. The number of hydrogen-bond donors (Lipinski definition) is 2. The molecule has 0 heterocycles. The van der Waals surface area contributed by atoms with Crippen LogP contribution in [0.25, 0.3) is 0 Å². The summed E-state index contributed by atoms with van der Waals surface area (Å²) in [6.07, 6.45) is -0.0918. The Balaban J connectivity index is 2.74. The van der Waals surface area contributed by atoms with Crippen LogP contribution < -0.4 is 10.1 Å². The summed E-state index contributed by atoms with van der Waals surface area (Å²) in [5, 5.41) is 11.6. The summed E-state index contributed by atoms with van der Waals surface area (Å²) in [6, 6.07) is 4.42. The monoisotopic (exact) mass is 351 g/mol. The Kier molecular flexibility index (Phi) is 7.58. The van der Waals surface area contributed by atoms with Crippen LogP contribution in [0.1, 0.15) is 37.6 Å². The average Bonchev–Trinajstić information content (AvgIpc) is 2.54. The SMILES string of the molecule is CCOC(=O)[C@H](C)C[C@@H](NC(=O)c1ccc(OC(C)=O)cc1)C(=O)O. The van der Waals surface area contributed by atoms with E-state index in [4.69, 9.17) is 9.47 Å². The van der Waals surface area contributed by atoms with Crippen molar-refractivity contribution in [3.8, 4) is 5.75 Å². The van der Waals surface area contributed by atoms with Crippen molar-refractivity contribution in [2.24, 2.45) is 5.92 Å². The van der Waals surface area contributed by atoms with E-state index in [1.807, 2.05) is 0 Å². The summed E-state index contributed by atoms with van der Waals surface area (Å²) < 4.78 is 9.69. The van der Waals surface area contributed by atoms with Crippen molar-refractivity contribution in [1.29, 1.82) is 0 Å². The molecule has 1 aromatic rings. The number of carbonyl (C=O) groups excluding carboxylic acids is 3. The number of amides is 1. The molecule has 25 heavy (non-hydrogen) atoms. The summed E-state index contributed by atoms with van der Waals surface area (Å²) >= 11 is 0. The molecule has 0 fully saturated rings. The van der Waals surface area contributed by atoms with Gasteiger partial charge in [-0.15, -0.1) is 0 Å². The van der Waals surface area contributed by atoms with E-state index >= 15 is 0 Å². The first-order chi connectivity index (χ1) is 11.7. The molecule has 1 aromatic carbocycles. The number of carboxylic acids is 1. The number of carboxylic acid groups (broad SMARTS) is 1. The molecule has 0 unspecified atom stereocenters. The van der Waals surface area contributed by atoms with E-state index < -0.39 is 35.8 Å². The van der Waals surface area contributed by atoms with E-state index in [0.29, 0.717) is 0 Å². The minimum atomic E-state index is -1.25. The molecule has 0 aliphatic carbocycles. The van der Waals surface area contributed by atoms with Gasteiger partial charge in [-0.2, -0.15) is 0 Å². The molecule has 0 spiro atoms. The molecule has 136 valence electrons. The summed E-state index contributed by atoms with van der Waals surface area (Å²) in [5.74, 6) is -3.27. The Morgan fingerprint density at radius 1 is 1.16 bits per heavy atom. The number of esters is 2. The van der Waals surface area contributed by atoms with Crippen molar-refractivity contribution < 1.29 is 33.8 Å². The average molecular weight is 351 g/mol. The van der Waals surface area contributed by atoms with Crippen LogP contribution in [-0.2, 0) is 19.1 Å². The lowest BCUT2D eigenvalue weighted by atomic mass is 10.0. The zero-order valence-electron chi connectivity index (χ0n) is 14.3. The second-order valence-electron chi connectivity index (χ2n) is 5.37. The van der Waals surface area contributed by atoms with Crippen LogP contribution in [0.2, 0.25) is 0 Å². The van der Waals surface area contributed by atoms with E-state index in [1.165, 1.54) is 38.1 Å². The van der Waals surface area contributed by atoms with Gasteiger partial charge in [0.2, 0.25) is 0 Å². The van der Waals surface area contributed by atoms with Gasteiger partial charge in [-0.05, 0) is 37.6 Å². The fraction of sp³-hybridized carbons (Fsp3) is 0.412. The lowest BCUT2D eigenvalue weighted by Gasteiger charge is -2.18. The first-order valence-electron chi connectivity index (χ1n) is 7.73. The Morgan fingerprint density at radius 2 is 1.76 bits per heavy atom. The predicted molar refractivity (Wildman–Crippen MR) is 87.1 cm³/mol. The lowest BCUT2D eigenvalue weighted by Crippen LogP contribution is -2.42. The number of ether oxygens (including phenoxy) is 2. The van der Waals surface area contributed by atoms with Crippen molar-refractivity contribution in [3.63, 3.8) is 0 Å². The number of benzene rings is 1. The molecule has 0 saturated carbocycles. The highest BCUT2D eigenvalue weighted by Gasteiger charge is 2.26. The molecular formula is C17H21NO7. The van der Waals surface area contributed by atoms with Crippen LogP contribution >= 0.6 is 0 Å². The van der Waals surface area contributed by atoms with Crippen LogP contribution in [0.15, 0.2) is 24.3 Å². The van der Waals surface area contributed by atoms with Gasteiger partial charge in [-0.25, -0.2) is 4.79 Å². The maximum atomic E-state index is 12.2. The topological polar surface area (TPSA) is 119 Å². The molecule has 1 rings (SSSR count). The van der Waals surface area contributed by atoms with Gasteiger partial charge >= 0.3 is 17.9 Å². The highest BCUT2D eigenvalue weighted by atomic mass is 16.5.